The fourth-order valence-corrected chi connectivity index (χ4v) is 0.495. The van der Waals surface area contributed by atoms with Crippen LogP contribution in [0.25, 0.3) is 0 Å². The Morgan fingerprint density at radius 1 is 1.56 bits per heavy atom. The Morgan fingerprint density at radius 2 is 2.00 bits per heavy atom. The van der Waals surface area contributed by atoms with Gasteiger partial charge in [-0.2, -0.15) is 0 Å². The van der Waals surface area contributed by atoms with Crippen molar-refractivity contribution in [1.82, 2.24) is 0 Å². The summed E-state index contributed by atoms with van der Waals surface area (Å²) in [6.07, 6.45) is 0. The van der Waals surface area contributed by atoms with E-state index in [0.717, 1.165) is 0 Å². The Kier molecular flexibility index (Phi) is 3.65. The van der Waals surface area contributed by atoms with E-state index in [1.165, 1.54) is 0 Å². The summed E-state index contributed by atoms with van der Waals surface area (Å²) in [5, 5.41) is 0.109. The number of rotatable bonds is 1. The van der Waals surface area contributed by atoms with Crippen molar-refractivity contribution in [2.75, 3.05) is 7.05 Å². The van der Waals surface area contributed by atoms with Crippen LogP contribution in [0.15, 0.2) is 14.6 Å². The average molecular weight is 212 g/mol. The smallest absolute Gasteiger partial charge is 0.135 e. The lowest BCUT2D eigenvalue weighted by molar-refractivity contribution is 1.40. The molecule has 0 rings (SSSR count). The molecule has 0 aromatic carbocycles. The standard InChI is InChI=1S/C4H7BrClN3/c1-9-4(8)2(5)3(6)7/h7H2,1H3,(H2,8,9). The topological polar surface area (TPSA) is 64.4 Å². The highest BCUT2D eigenvalue weighted by Gasteiger charge is 1.99. The quantitative estimate of drug-likeness (QED) is 0.382. The van der Waals surface area contributed by atoms with Gasteiger partial charge in [-0.25, -0.2) is 0 Å². The minimum atomic E-state index is 0.109. The fourth-order valence-electron chi connectivity index (χ4n) is 0.221. The van der Waals surface area contributed by atoms with Gasteiger partial charge in [0.25, 0.3) is 0 Å². The summed E-state index contributed by atoms with van der Waals surface area (Å²) in [5.74, 6) is 0.294. The number of aliphatic imine (C=N–C) groups is 1. The molecular weight excluding hydrogens is 205 g/mol. The molecule has 0 radical (unpaired) electrons. The molecule has 52 valence electrons. The zero-order valence-electron chi connectivity index (χ0n) is 4.86. The van der Waals surface area contributed by atoms with E-state index in [1.54, 1.807) is 7.05 Å². The van der Waals surface area contributed by atoms with Crippen molar-refractivity contribution in [3.8, 4) is 0 Å². The van der Waals surface area contributed by atoms with Crippen molar-refractivity contribution < 1.29 is 0 Å². The van der Waals surface area contributed by atoms with Crippen molar-refractivity contribution in [2.45, 2.75) is 0 Å². The molecule has 5 heteroatoms. The Labute approximate surface area is 66.9 Å². The van der Waals surface area contributed by atoms with Crippen LogP contribution in [0.3, 0.4) is 0 Å². The van der Waals surface area contributed by atoms with Crippen LogP contribution < -0.4 is 11.5 Å². The predicted octanol–water partition coefficient (Wildman–Crippen LogP) is 0.735. The van der Waals surface area contributed by atoms with Crippen LogP contribution in [0.4, 0.5) is 0 Å². The van der Waals surface area contributed by atoms with Crippen LogP contribution in [-0.2, 0) is 0 Å². The second-order valence-corrected chi connectivity index (χ2v) is 2.47. The number of nitrogens with two attached hydrogens (primary N) is 2. The van der Waals surface area contributed by atoms with Gasteiger partial charge in [-0.05, 0) is 15.9 Å². The van der Waals surface area contributed by atoms with E-state index in [0.29, 0.717) is 10.3 Å². The SMILES string of the molecule is CN=C(N)C(Br)=C(N)Cl. The molecule has 0 aromatic rings. The minimum Gasteiger partial charge on any atom is -0.388 e. The monoisotopic (exact) mass is 211 g/mol. The van der Waals surface area contributed by atoms with Gasteiger partial charge in [0.15, 0.2) is 0 Å². The first-order valence-corrected chi connectivity index (χ1v) is 3.30. The molecule has 0 aliphatic carbocycles. The maximum absolute atomic E-state index is 5.35. The number of halogens is 2. The molecule has 0 aliphatic heterocycles. The number of amidine groups is 1. The summed E-state index contributed by atoms with van der Waals surface area (Å²) < 4.78 is 0.437. The molecule has 0 amide bonds. The molecule has 0 spiro atoms. The van der Waals surface area contributed by atoms with Crippen LogP contribution in [0, 0.1) is 0 Å². The van der Waals surface area contributed by atoms with Crippen LogP contribution in [-0.4, -0.2) is 12.9 Å². The van der Waals surface area contributed by atoms with Crippen LogP contribution in [0.2, 0.25) is 0 Å². The van der Waals surface area contributed by atoms with E-state index in [-0.39, 0.29) is 5.16 Å². The Bertz CT molecular complexity index is 159. The fraction of sp³-hybridized carbons (Fsp3) is 0.250. The third-order valence-corrected chi connectivity index (χ3v) is 1.93. The molecule has 0 saturated heterocycles. The third-order valence-electron chi connectivity index (χ3n) is 0.675. The summed E-state index contributed by atoms with van der Waals surface area (Å²) in [6.45, 7) is 0. The van der Waals surface area contributed by atoms with E-state index < -0.39 is 0 Å². The second-order valence-electron chi connectivity index (χ2n) is 1.27. The molecule has 9 heavy (non-hydrogen) atoms. The molecule has 4 N–H and O–H groups in total. The number of hydrogen-bond donors (Lipinski definition) is 2. The van der Waals surface area contributed by atoms with Gasteiger partial charge in [0.1, 0.15) is 11.0 Å². The van der Waals surface area contributed by atoms with E-state index in [1.807, 2.05) is 0 Å². The highest BCUT2D eigenvalue weighted by molar-refractivity contribution is 9.12. The predicted molar refractivity (Wildman–Crippen MR) is 43.5 cm³/mol. The van der Waals surface area contributed by atoms with Gasteiger partial charge in [0.2, 0.25) is 0 Å². The number of nitrogens with zero attached hydrogens (tertiary/aromatic N) is 1. The maximum Gasteiger partial charge on any atom is 0.135 e. The lowest BCUT2D eigenvalue weighted by Crippen LogP contribution is -2.13. The van der Waals surface area contributed by atoms with Crippen LogP contribution >= 0.6 is 27.5 Å². The highest BCUT2D eigenvalue weighted by Crippen LogP contribution is 2.10. The highest BCUT2D eigenvalue weighted by atomic mass is 79.9. The first kappa shape index (κ1) is 8.78. The second kappa shape index (κ2) is 3.74. The molecule has 0 aliphatic rings. The molecular formula is C4H7BrClN3. The summed E-state index contributed by atoms with van der Waals surface area (Å²) in [4.78, 5) is 3.63. The summed E-state index contributed by atoms with van der Waals surface area (Å²) in [7, 11) is 1.55. The third kappa shape index (κ3) is 2.72. The average Bonchev–Trinajstić information content (AvgIpc) is 1.84. The Morgan fingerprint density at radius 3 is 2.11 bits per heavy atom. The van der Waals surface area contributed by atoms with E-state index in [4.69, 9.17) is 23.1 Å². The van der Waals surface area contributed by atoms with E-state index in [2.05, 4.69) is 20.9 Å². The van der Waals surface area contributed by atoms with Crippen molar-refractivity contribution in [2.24, 2.45) is 16.5 Å². The molecule has 0 bridgehead atoms. The Hall–Kier alpha value is -0.220. The van der Waals surface area contributed by atoms with Gasteiger partial charge >= 0.3 is 0 Å². The van der Waals surface area contributed by atoms with Crippen molar-refractivity contribution in [3.63, 3.8) is 0 Å². The van der Waals surface area contributed by atoms with Crippen LogP contribution in [0.5, 0.6) is 0 Å². The molecule has 3 nitrogen and oxygen atoms in total. The Balaban J connectivity index is 4.40. The van der Waals surface area contributed by atoms with E-state index >= 15 is 0 Å². The van der Waals surface area contributed by atoms with Gasteiger partial charge in [-0.15, -0.1) is 0 Å². The van der Waals surface area contributed by atoms with Gasteiger partial charge in [-0.3, -0.25) is 4.99 Å². The van der Waals surface area contributed by atoms with E-state index in [9.17, 15) is 0 Å². The zero-order valence-corrected chi connectivity index (χ0v) is 7.20. The van der Waals surface area contributed by atoms with Gasteiger partial charge in [0, 0.05) is 7.05 Å². The largest absolute Gasteiger partial charge is 0.388 e. The summed E-state index contributed by atoms with van der Waals surface area (Å²) >= 11 is 8.39. The maximum atomic E-state index is 5.35. The van der Waals surface area contributed by atoms with Crippen molar-refractivity contribution in [3.05, 3.63) is 9.64 Å². The van der Waals surface area contributed by atoms with Crippen LogP contribution in [0.1, 0.15) is 0 Å². The summed E-state index contributed by atoms with van der Waals surface area (Å²) in [6, 6.07) is 0. The van der Waals surface area contributed by atoms with Crippen molar-refractivity contribution >= 4 is 33.4 Å². The molecule has 0 unspecified atom stereocenters. The summed E-state index contributed by atoms with van der Waals surface area (Å²) in [5.41, 5.74) is 10.4. The lowest BCUT2D eigenvalue weighted by atomic mass is 10.5. The van der Waals surface area contributed by atoms with Crippen molar-refractivity contribution in [1.29, 1.82) is 0 Å². The first-order valence-electron chi connectivity index (χ1n) is 2.13. The number of hydrogen-bond acceptors (Lipinski definition) is 2. The molecule has 0 heterocycles. The molecule has 0 saturated carbocycles. The normalized spacial score (nSPS) is 15.2. The zero-order chi connectivity index (χ0) is 7.44. The molecule has 0 fully saturated rings. The van der Waals surface area contributed by atoms with Gasteiger partial charge in [-0.1, -0.05) is 11.6 Å². The molecule has 0 aromatic heterocycles. The lowest BCUT2D eigenvalue weighted by Gasteiger charge is -1.95. The molecule has 0 atom stereocenters. The van der Waals surface area contributed by atoms with Gasteiger partial charge < -0.3 is 11.5 Å². The first-order chi connectivity index (χ1) is 4.09. The minimum absolute atomic E-state index is 0.109. The van der Waals surface area contributed by atoms with Gasteiger partial charge in [0.05, 0.1) is 4.48 Å².